The van der Waals surface area contributed by atoms with E-state index in [0.717, 1.165) is 37.0 Å². The molecule has 1 aromatic heterocycles. The third kappa shape index (κ3) is 4.34. The number of ether oxygens (including phenoxy) is 1. The van der Waals surface area contributed by atoms with Crippen molar-refractivity contribution in [3.05, 3.63) is 59.4 Å². The molecule has 2 heterocycles. The van der Waals surface area contributed by atoms with Crippen LogP contribution in [0.4, 0.5) is 18.9 Å². The van der Waals surface area contributed by atoms with Crippen molar-refractivity contribution < 1.29 is 22.7 Å². The number of carbonyl (C=O) groups is 1. The predicted molar refractivity (Wildman–Crippen MR) is 85.2 cm³/mol. The molecule has 5 nitrogen and oxygen atoms in total. The lowest BCUT2D eigenvalue weighted by Gasteiger charge is -2.24. The number of pyridine rings is 1. The van der Waals surface area contributed by atoms with Crippen molar-refractivity contribution in [2.24, 2.45) is 0 Å². The molecule has 8 heteroatoms. The number of hydrogen-bond donors (Lipinski definition) is 2. The van der Waals surface area contributed by atoms with Gasteiger partial charge in [-0.1, -0.05) is 12.1 Å². The standard InChI is InChI=1S/C17H16F3N3O2/c18-17(19,20)15-6-3-12(9-22-15)16(24)23-13-4-1-11(2-5-13)14-10-21-7-8-25-14/h1-6,9,14,21H,7-8,10H2,(H,23,24). The molecule has 1 atom stereocenters. The fraction of sp³-hybridized carbons (Fsp3) is 0.294. The van der Waals surface area contributed by atoms with E-state index in [1.54, 1.807) is 12.1 Å². The number of rotatable bonds is 3. The molecule has 2 N–H and O–H groups in total. The summed E-state index contributed by atoms with van der Waals surface area (Å²) in [6.45, 7) is 2.19. The highest BCUT2D eigenvalue weighted by molar-refractivity contribution is 6.04. The molecule has 25 heavy (non-hydrogen) atoms. The summed E-state index contributed by atoms with van der Waals surface area (Å²) in [6, 6.07) is 9.02. The zero-order valence-electron chi connectivity index (χ0n) is 13.1. The molecule has 2 aromatic rings. The first-order valence-corrected chi connectivity index (χ1v) is 7.70. The molecular weight excluding hydrogens is 335 g/mol. The number of aromatic nitrogens is 1. The van der Waals surface area contributed by atoms with E-state index in [1.165, 1.54) is 0 Å². The van der Waals surface area contributed by atoms with Gasteiger partial charge in [0.1, 0.15) is 5.69 Å². The van der Waals surface area contributed by atoms with Gasteiger partial charge in [0.05, 0.1) is 18.3 Å². The molecule has 0 radical (unpaired) electrons. The molecule has 0 saturated carbocycles. The summed E-state index contributed by atoms with van der Waals surface area (Å²) in [5, 5.41) is 5.86. The van der Waals surface area contributed by atoms with Crippen molar-refractivity contribution in [1.82, 2.24) is 10.3 Å². The lowest BCUT2D eigenvalue weighted by Crippen LogP contribution is -2.33. The van der Waals surface area contributed by atoms with Gasteiger partial charge < -0.3 is 15.4 Å². The number of nitrogens with one attached hydrogen (secondary N) is 2. The van der Waals surface area contributed by atoms with Crippen molar-refractivity contribution in [1.29, 1.82) is 0 Å². The van der Waals surface area contributed by atoms with Gasteiger partial charge in [-0.25, -0.2) is 0 Å². The molecule has 1 aromatic carbocycles. The van der Waals surface area contributed by atoms with Crippen molar-refractivity contribution in [3.8, 4) is 0 Å². The van der Waals surface area contributed by atoms with Crippen LogP contribution in [0, 0.1) is 0 Å². The van der Waals surface area contributed by atoms with E-state index in [0.29, 0.717) is 12.3 Å². The Hall–Kier alpha value is -2.45. The zero-order valence-corrected chi connectivity index (χ0v) is 13.1. The van der Waals surface area contributed by atoms with Gasteiger partial charge in [-0.15, -0.1) is 0 Å². The first-order chi connectivity index (χ1) is 11.9. The SMILES string of the molecule is O=C(Nc1ccc(C2CNCCO2)cc1)c1ccc(C(F)(F)F)nc1. The van der Waals surface area contributed by atoms with E-state index in [-0.39, 0.29) is 11.7 Å². The Kier molecular flexibility index (Phi) is 5.00. The van der Waals surface area contributed by atoms with E-state index in [9.17, 15) is 18.0 Å². The molecule has 1 fully saturated rings. The Morgan fingerprint density at radius 1 is 1.20 bits per heavy atom. The maximum absolute atomic E-state index is 12.5. The summed E-state index contributed by atoms with van der Waals surface area (Å²) in [6.07, 6.45) is -3.65. The van der Waals surface area contributed by atoms with E-state index < -0.39 is 17.8 Å². The minimum Gasteiger partial charge on any atom is -0.371 e. The van der Waals surface area contributed by atoms with Crippen molar-refractivity contribution in [2.75, 3.05) is 25.0 Å². The second kappa shape index (κ2) is 7.20. The van der Waals surface area contributed by atoms with Gasteiger partial charge in [0.15, 0.2) is 0 Å². The molecule has 1 saturated heterocycles. The van der Waals surface area contributed by atoms with Gasteiger partial charge in [0.25, 0.3) is 5.91 Å². The van der Waals surface area contributed by atoms with Crippen LogP contribution < -0.4 is 10.6 Å². The van der Waals surface area contributed by atoms with E-state index in [1.807, 2.05) is 12.1 Å². The average molecular weight is 351 g/mol. The molecular formula is C17H16F3N3O2. The van der Waals surface area contributed by atoms with Crippen LogP contribution in [0.15, 0.2) is 42.6 Å². The maximum Gasteiger partial charge on any atom is 0.433 e. The number of anilines is 1. The largest absolute Gasteiger partial charge is 0.433 e. The number of halogens is 3. The van der Waals surface area contributed by atoms with Crippen LogP contribution in [-0.2, 0) is 10.9 Å². The third-order valence-corrected chi connectivity index (χ3v) is 3.78. The lowest BCUT2D eigenvalue weighted by molar-refractivity contribution is -0.141. The summed E-state index contributed by atoms with van der Waals surface area (Å²) in [5.74, 6) is -0.524. The van der Waals surface area contributed by atoms with Crippen LogP contribution in [0.2, 0.25) is 0 Å². The fourth-order valence-corrected chi connectivity index (χ4v) is 2.46. The monoisotopic (exact) mass is 351 g/mol. The number of benzene rings is 1. The smallest absolute Gasteiger partial charge is 0.371 e. The summed E-state index contributed by atoms with van der Waals surface area (Å²) in [4.78, 5) is 15.4. The molecule has 0 spiro atoms. The van der Waals surface area contributed by atoms with E-state index in [4.69, 9.17) is 4.74 Å². The number of morpholine rings is 1. The third-order valence-electron chi connectivity index (χ3n) is 3.78. The molecule has 1 amide bonds. The first kappa shape index (κ1) is 17.4. The summed E-state index contributed by atoms with van der Waals surface area (Å²) in [5.41, 5.74) is 0.546. The molecule has 1 unspecified atom stereocenters. The predicted octanol–water partition coefficient (Wildman–Crippen LogP) is 3.01. The fourth-order valence-electron chi connectivity index (χ4n) is 2.46. The van der Waals surface area contributed by atoms with Crippen LogP contribution >= 0.6 is 0 Å². The number of nitrogens with zero attached hydrogens (tertiary/aromatic N) is 1. The van der Waals surface area contributed by atoms with Crippen molar-refractivity contribution in [3.63, 3.8) is 0 Å². The number of hydrogen-bond acceptors (Lipinski definition) is 4. The van der Waals surface area contributed by atoms with Gasteiger partial charge in [-0.3, -0.25) is 9.78 Å². The highest BCUT2D eigenvalue weighted by atomic mass is 19.4. The van der Waals surface area contributed by atoms with Crippen LogP contribution in [0.1, 0.15) is 27.7 Å². The summed E-state index contributed by atoms with van der Waals surface area (Å²) >= 11 is 0. The van der Waals surface area contributed by atoms with E-state index in [2.05, 4.69) is 15.6 Å². The lowest BCUT2D eigenvalue weighted by atomic mass is 10.1. The van der Waals surface area contributed by atoms with Crippen LogP contribution in [0.25, 0.3) is 0 Å². The Morgan fingerprint density at radius 3 is 2.52 bits per heavy atom. The highest BCUT2D eigenvalue weighted by Gasteiger charge is 2.32. The van der Waals surface area contributed by atoms with E-state index >= 15 is 0 Å². The summed E-state index contributed by atoms with van der Waals surface area (Å²) < 4.78 is 43.1. The van der Waals surface area contributed by atoms with Gasteiger partial charge in [-0.2, -0.15) is 13.2 Å². The maximum atomic E-state index is 12.5. The minimum atomic E-state index is -4.53. The normalized spacial score (nSPS) is 18.0. The molecule has 132 valence electrons. The van der Waals surface area contributed by atoms with Crippen LogP contribution in [0.5, 0.6) is 0 Å². The summed E-state index contributed by atoms with van der Waals surface area (Å²) in [7, 11) is 0. The van der Waals surface area contributed by atoms with Crippen LogP contribution in [-0.4, -0.2) is 30.6 Å². The van der Waals surface area contributed by atoms with Crippen molar-refractivity contribution >= 4 is 11.6 Å². The Bertz CT molecular complexity index is 724. The van der Waals surface area contributed by atoms with Gasteiger partial charge in [0.2, 0.25) is 0 Å². The minimum absolute atomic E-state index is 0.0300. The van der Waals surface area contributed by atoms with Crippen LogP contribution in [0.3, 0.4) is 0 Å². The zero-order chi connectivity index (χ0) is 17.9. The first-order valence-electron chi connectivity index (χ1n) is 7.70. The number of carbonyl (C=O) groups excluding carboxylic acids is 1. The average Bonchev–Trinajstić information content (AvgIpc) is 2.62. The Balaban J connectivity index is 1.64. The second-order valence-electron chi connectivity index (χ2n) is 5.57. The molecule has 0 bridgehead atoms. The van der Waals surface area contributed by atoms with Gasteiger partial charge in [0, 0.05) is 25.0 Å². The number of alkyl halides is 3. The number of amides is 1. The molecule has 0 aliphatic carbocycles. The molecule has 1 aliphatic heterocycles. The molecule has 1 aliphatic rings. The van der Waals surface area contributed by atoms with Gasteiger partial charge >= 0.3 is 6.18 Å². The van der Waals surface area contributed by atoms with Gasteiger partial charge in [-0.05, 0) is 29.8 Å². The highest BCUT2D eigenvalue weighted by Crippen LogP contribution is 2.27. The Labute approximate surface area is 142 Å². The quantitative estimate of drug-likeness (QED) is 0.892. The topological polar surface area (TPSA) is 63.2 Å². The molecule has 3 rings (SSSR count). The second-order valence-corrected chi connectivity index (χ2v) is 5.57. The Morgan fingerprint density at radius 2 is 1.96 bits per heavy atom. The van der Waals surface area contributed by atoms with Crippen molar-refractivity contribution in [2.45, 2.75) is 12.3 Å².